The average Bonchev–Trinajstić information content (AvgIpc) is 2.87. The summed E-state index contributed by atoms with van der Waals surface area (Å²) in [5.41, 5.74) is 2.13. The number of benzene rings is 1. The Morgan fingerprint density at radius 1 is 1.32 bits per heavy atom. The number of halogens is 1. The van der Waals surface area contributed by atoms with Crippen LogP contribution in [0.25, 0.3) is 10.9 Å². The summed E-state index contributed by atoms with van der Waals surface area (Å²) in [6.45, 7) is 1.07. The number of nitrogens with zero attached hydrogens (tertiary/aromatic N) is 2. The van der Waals surface area contributed by atoms with Gasteiger partial charge in [0.15, 0.2) is 0 Å². The number of fused-ring (bicyclic) bond motifs is 5. The van der Waals surface area contributed by atoms with E-state index in [2.05, 4.69) is 18.0 Å². The van der Waals surface area contributed by atoms with Gasteiger partial charge in [0.25, 0.3) is 0 Å². The fraction of sp³-hybridized carbons (Fsp3) is 0.400. The fourth-order valence-electron chi connectivity index (χ4n) is 3.69. The molecule has 0 saturated carbocycles. The Kier molecular flexibility index (Phi) is 2.32. The van der Waals surface area contributed by atoms with Gasteiger partial charge in [-0.1, -0.05) is 11.6 Å². The van der Waals surface area contributed by atoms with Crippen LogP contribution < -0.4 is 0 Å². The van der Waals surface area contributed by atoms with Crippen molar-refractivity contribution in [2.45, 2.75) is 18.9 Å². The van der Waals surface area contributed by atoms with Gasteiger partial charge in [-0.15, -0.1) is 0 Å². The van der Waals surface area contributed by atoms with Crippen LogP contribution in [0.2, 0.25) is 5.02 Å². The fourth-order valence-corrected chi connectivity index (χ4v) is 3.87. The Labute approximate surface area is 116 Å². The van der Waals surface area contributed by atoms with Gasteiger partial charge in [0.05, 0.1) is 17.5 Å². The first-order chi connectivity index (χ1) is 9.16. The molecule has 4 heteroatoms. The predicted octanol–water partition coefficient (Wildman–Crippen LogP) is 3.33. The smallest absolute Gasteiger partial charge is 0.236 e. The van der Waals surface area contributed by atoms with Crippen molar-refractivity contribution in [3.05, 3.63) is 35.0 Å². The highest BCUT2D eigenvalue weighted by Crippen LogP contribution is 2.44. The van der Waals surface area contributed by atoms with Crippen molar-refractivity contribution in [2.75, 3.05) is 13.6 Å². The molecule has 2 aliphatic rings. The van der Waals surface area contributed by atoms with E-state index in [0.29, 0.717) is 0 Å². The van der Waals surface area contributed by atoms with Crippen molar-refractivity contribution in [1.82, 2.24) is 9.47 Å². The summed E-state index contributed by atoms with van der Waals surface area (Å²) in [6, 6.07) is 8.12. The molecule has 1 fully saturated rings. The van der Waals surface area contributed by atoms with Gasteiger partial charge in [0.2, 0.25) is 5.91 Å². The van der Waals surface area contributed by atoms with Gasteiger partial charge in [0.1, 0.15) is 0 Å². The second-order valence-electron chi connectivity index (χ2n) is 5.62. The Morgan fingerprint density at radius 3 is 3.00 bits per heavy atom. The maximum Gasteiger partial charge on any atom is 0.236 e. The van der Waals surface area contributed by atoms with Crippen LogP contribution in [0.15, 0.2) is 24.3 Å². The molecule has 2 unspecified atom stereocenters. The summed E-state index contributed by atoms with van der Waals surface area (Å²) < 4.78 is 1.91. The van der Waals surface area contributed by atoms with Gasteiger partial charge >= 0.3 is 0 Å². The quantitative estimate of drug-likeness (QED) is 0.736. The zero-order valence-corrected chi connectivity index (χ0v) is 11.5. The monoisotopic (exact) mass is 274 g/mol. The van der Waals surface area contributed by atoms with Crippen molar-refractivity contribution in [1.29, 1.82) is 0 Å². The zero-order valence-electron chi connectivity index (χ0n) is 10.8. The molecule has 19 heavy (non-hydrogen) atoms. The van der Waals surface area contributed by atoms with Gasteiger partial charge in [-0.25, -0.2) is 0 Å². The van der Waals surface area contributed by atoms with Crippen LogP contribution in [0.4, 0.5) is 0 Å². The van der Waals surface area contributed by atoms with Crippen LogP contribution in [0.1, 0.15) is 29.4 Å². The molecule has 4 rings (SSSR count). The van der Waals surface area contributed by atoms with Gasteiger partial charge in [-0.05, 0) is 50.7 Å². The summed E-state index contributed by atoms with van der Waals surface area (Å²) >= 11 is 6.04. The number of hydrogen-bond donors (Lipinski definition) is 0. The van der Waals surface area contributed by atoms with Gasteiger partial charge in [-0.3, -0.25) is 14.3 Å². The van der Waals surface area contributed by atoms with E-state index >= 15 is 0 Å². The topological polar surface area (TPSA) is 25.2 Å². The van der Waals surface area contributed by atoms with E-state index in [9.17, 15) is 4.79 Å². The Bertz CT molecular complexity index is 691. The van der Waals surface area contributed by atoms with Crippen LogP contribution in [0, 0.1) is 5.92 Å². The first-order valence-corrected chi connectivity index (χ1v) is 7.10. The third kappa shape index (κ3) is 1.46. The number of piperidine rings is 1. The summed E-state index contributed by atoms with van der Waals surface area (Å²) in [6.07, 6.45) is 2.11. The van der Waals surface area contributed by atoms with Crippen LogP contribution >= 0.6 is 11.6 Å². The average molecular weight is 275 g/mol. The third-order valence-electron chi connectivity index (χ3n) is 4.51. The van der Waals surface area contributed by atoms with Crippen molar-refractivity contribution in [3.8, 4) is 0 Å². The molecule has 98 valence electrons. The van der Waals surface area contributed by atoms with Gasteiger partial charge in [0, 0.05) is 16.1 Å². The molecule has 1 aromatic heterocycles. The molecular formula is C15H15ClN2O. The largest absolute Gasteiger partial charge is 0.297 e. The lowest BCUT2D eigenvalue weighted by Gasteiger charge is -2.33. The maximum atomic E-state index is 12.6. The highest BCUT2D eigenvalue weighted by atomic mass is 35.5. The van der Waals surface area contributed by atoms with E-state index in [1.165, 1.54) is 0 Å². The minimum atomic E-state index is 0.133. The zero-order chi connectivity index (χ0) is 13.1. The van der Waals surface area contributed by atoms with Crippen LogP contribution in [0.3, 0.4) is 0 Å². The number of carbonyl (C=O) groups is 1. The van der Waals surface area contributed by atoms with Crippen molar-refractivity contribution < 1.29 is 4.79 Å². The molecule has 3 nitrogen and oxygen atoms in total. The molecule has 0 radical (unpaired) electrons. The second kappa shape index (κ2) is 3.84. The number of hydrogen-bond acceptors (Lipinski definition) is 2. The molecule has 1 saturated heterocycles. The SMILES string of the molecule is CN1CCCC2C(=O)n3c(cc4cc(Cl)ccc43)C21. The lowest BCUT2D eigenvalue weighted by atomic mass is 9.89. The van der Waals surface area contributed by atoms with Gasteiger partial charge < -0.3 is 0 Å². The molecule has 0 bridgehead atoms. The maximum absolute atomic E-state index is 12.6. The highest BCUT2D eigenvalue weighted by Gasteiger charge is 2.44. The standard InChI is InChI=1S/C15H15ClN2O/c1-17-6-2-3-11-14(17)13-8-9-7-10(16)4-5-12(9)18(13)15(11)19/h4-5,7-8,11,14H,2-3,6H2,1H3. The molecule has 2 aliphatic heterocycles. The van der Waals surface area contributed by atoms with Gasteiger partial charge in [-0.2, -0.15) is 0 Å². The summed E-state index contributed by atoms with van der Waals surface area (Å²) in [4.78, 5) is 15.0. The number of likely N-dealkylation sites (tertiary alicyclic amines) is 1. The van der Waals surface area contributed by atoms with Crippen molar-refractivity contribution in [3.63, 3.8) is 0 Å². The van der Waals surface area contributed by atoms with E-state index in [1.807, 2.05) is 22.8 Å². The summed E-state index contributed by atoms with van der Waals surface area (Å²) in [5.74, 6) is 0.387. The van der Waals surface area contributed by atoms with E-state index in [-0.39, 0.29) is 17.9 Å². The van der Waals surface area contributed by atoms with E-state index in [4.69, 9.17) is 11.6 Å². The molecule has 0 aliphatic carbocycles. The molecule has 2 atom stereocenters. The van der Waals surface area contributed by atoms with E-state index in [0.717, 1.165) is 41.0 Å². The van der Waals surface area contributed by atoms with E-state index in [1.54, 1.807) is 0 Å². The normalized spacial score (nSPS) is 26.7. The molecule has 1 aromatic carbocycles. The number of rotatable bonds is 0. The Morgan fingerprint density at radius 2 is 2.16 bits per heavy atom. The van der Waals surface area contributed by atoms with Crippen LogP contribution in [-0.2, 0) is 0 Å². The summed E-state index contributed by atoms with van der Waals surface area (Å²) in [7, 11) is 2.12. The second-order valence-corrected chi connectivity index (χ2v) is 6.06. The van der Waals surface area contributed by atoms with Crippen molar-refractivity contribution >= 4 is 28.4 Å². The predicted molar refractivity (Wildman–Crippen MR) is 75.7 cm³/mol. The van der Waals surface area contributed by atoms with Crippen LogP contribution in [0.5, 0.6) is 0 Å². The molecule has 3 heterocycles. The van der Waals surface area contributed by atoms with Crippen LogP contribution in [-0.4, -0.2) is 29.0 Å². The lowest BCUT2D eigenvalue weighted by Crippen LogP contribution is -2.35. The van der Waals surface area contributed by atoms with Crippen molar-refractivity contribution in [2.24, 2.45) is 5.92 Å². The molecule has 0 amide bonds. The molecule has 2 aromatic rings. The number of aromatic nitrogens is 1. The Hall–Kier alpha value is -1.32. The minimum absolute atomic E-state index is 0.133. The third-order valence-corrected chi connectivity index (χ3v) is 4.75. The Balaban J connectivity index is 1.97. The number of carbonyl (C=O) groups excluding carboxylic acids is 1. The summed E-state index contributed by atoms with van der Waals surface area (Å²) in [5, 5.41) is 1.78. The van der Waals surface area contributed by atoms with E-state index < -0.39 is 0 Å². The molecular weight excluding hydrogens is 260 g/mol. The molecule has 0 N–H and O–H groups in total. The first-order valence-electron chi connectivity index (χ1n) is 6.72. The minimum Gasteiger partial charge on any atom is -0.297 e. The first kappa shape index (κ1) is 11.5. The highest BCUT2D eigenvalue weighted by molar-refractivity contribution is 6.31. The molecule has 0 spiro atoms. The lowest BCUT2D eigenvalue weighted by molar-refractivity contribution is 0.0726.